The van der Waals surface area contributed by atoms with Gasteiger partial charge < -0.3 is 9.84 Å². The van der Waals surface area contributed by atoms with Gasteiger partial charge in [0.2, 0.25) is 5.60 Å². The Morgan fingerprint density at radius 1 is 1.44 bits per heavy atom. The second kappa shape index (κ2) is 5.91. The molecule has 1 N–H and O–H groups in total. The van der Waals surface area contributed by atoms with E-state index in [-0.39, 0.29) is 12.5 Å². The van der Waals surface area contributed by atoms with Crippen molar-refractivity contribution in [1.82, 2.24) is 0 Å². The van der Waals surface area contributed by atoms with Crippen LogP contribution < -0.4 is 0 Å². The van der Waals surface area contributed by atoms with Gasteiger partial charge in [-0.2, -0.15) is 0 Å². The van der Waals surface area contributed by atoms with Gasteiger partial charge in [0.25, 0.3) is 0 Å². The zero-order valence-corrected chi connectivity index (χ0v) is 10.1. The summed E-state index contributed by atoms with van der Waals surface area (Å²) in [6.45, 7) is 3.64. The van der Waals surface area contributed by atoms with E-state index in [0.29, 0.717) is 0 Å². The summed E-state index contributed by atoms with van der Waals surface area (Å²) >= 11 is 0. The molecule has 1 atom stereocenters. The van der Waals surface area contributed by atoms with E-state index in [0.717, 1.165) is 25.7 Å². The molecule has 1 unspecified atom stereocenters. The van der Waals surface area contributed by atoms with Gasteiger partial charge in [0, 0.05) is 5.92 Å². The van der Waals surface area contributed by atoms with E-state index in [4.69, 9.17) is 4.74 Å². The van der Waals surface area contributed by atoms with E-state index in [2.05, 4.69) is 11.8 Å². The van der Waals surface area contributed by atoms with Crippen LogP contribution in [0.3, 0.4) is 0 Å². The largest absolute Gasteiger partial charge is 0.463 e. The number of ether oxygens (including phenoxy) is 1. The number of aliphatic hydroxyl groups is 1. The van der Waals surface area contributed by atoms with Crippen LogP contribution in [0.15, 0.2) is 0 Å². The highest BCUT2D eigenvalue weighted by Gasteiger charge is 2.44. The van der Waals surface area contributed by atoms with Crippen LogP contribution in [-0.2, 0) is 9.53 Å². The topological polar surface area (TPSA) is 46.5 Å². The summed E-state index contributed by atoms with van der Waals surface area (Å²) < 4.78 is 4.92. The Hall–Kier alpha value is -1.01. The van der Waals surface area contributed by atoms with Crippen LogP contribution in [0.25, 0.3) is 0 Å². The van der Waals surface area contributed by atoms with Gasteiger partial charge in [0.05, 0.1) is 6.61 Å². The summed E-state index contributed by atoms with van der Waals surface area (Å²) in [5.41, 5.74) is -1.59. The van der Waals surface area contributed by atoms with Gasteiger partial charge in [-0.1, -0.05) is 25.2 Å². The van der Waals surface area contributed by atoms with Crippen molar-refractivity contribution >= 4 is 5.97 Å². The van der Waals surface area contributed by atoms with Crippen molar-refractivity contribution in [2.45, 2.75) is 51.6 Å². The molecule has 3 nitrogen and oxygen atoms in total. The minimum absolute atomic E-state index is 0.0762. The van der Waals surface area contributed by atoms with Gasteiger partial charge in [-0.05, 0) is 26.7 Å². The van der Waals surface area contributed by atoms with Crippen molar-refractivity contribution in [3.8, 4) is 11.8 Å². The smallest absolute Gasteiger partial charge is 0.351 e. The highest BCUT2D eigenvalue weighted by atomic mass is 16.5. The third-order valence-electron chi connectivity index (χ3n) is 3.10. The lowest BCUT2D eigenvalue weighted by molar-refractivity contribution is -0.164. The number of hydrogen-bond acceptors (Lipinski definition) is 3. The Morgan fingerprint density at radius 2 is 2.06 bits per heavy atom. The second-order valence-electron chi connectivity index (χ2n) is 4.20. The monoisotopic (exact) mass is 224 g/mol. The predicted octanol–water partition coefficient (Wildman–Crippen LogP) is 1.88. The number of rotatable bonds is 3. The quantitative estimate of drug-likeness (QED) is 0.588. The van der Waals surface area contributed by atoms with Crippen LogP contribution in [-0.4, -0.2) is 23.3 Å². The molecule has 0 bridgehead atoms. The molecule has 0 saturated heterocycles. The fourth-order valence-electron chi connectivity index (χ4n) is 2.27. The molecule has 3 heteroatoms. The molecule has 90 valence electrons. The van der Waals surface area contributed by atoms with E-state index in [1.807, 2.05) is 0 Å². The summed E-state index contributed by atoms with van der Waals surface area (Å²) in [6, 6.07) is 0. The van der Waals surface area contributed by atoms with Crippen molar-refractivity contribution in [3.63, 3.8) is 0 Å². The predicted molar refractivity (Wildman–Crippen MR) is 61.6 cm³/mol. The Labute approximate surface area is 97.2 Å². The molecule has 1 saturated carbocycles. The SMILES string of the molecule is CC#CC(O)(C(=O)OCC)C1CCCCC1. The minimum atomic E-state index is -1.59. The van der Waals surface area contributed by atoms with E-state index >= 15 is 0 Å². The van der Waals surface area contributed by atoms with Gasteiger partial charge in [-0.25, -0.2) is 4.79 Å². The second-order valence-corrected chi connectivity index (χ2v) is 4.20. The fourth-order valence-corrected chi connectivity index (χ4v) is 2.27. The summed E-state index contributed by atoms with van der Waals surface area (Å²) in [4.78, 5) is 11.8. The van der Waals surface area contributed by atoms with Gasteiger partial charge >= 0.3 is 5.97 Å². The molecule has 0 heterocycles. The zero-order valence-electron chi connectivity index (χ0n) is 10.1. The molecule has 16 heavy (non-hydrogen) atoms. The van der Waals surface area contributed by atoms with Gasteiger partial charge in [-0.3, -0.25) is 0 Å². The molecule has 1 fully saturated rings. The summed E-state index contributed by atoms with van der Waals surface area (Å²) in [6.07, 6.45) is 4.98. The lowest BCUT2D eigenvalue weighted by Gasteiger charge is -2.32. The fraction of sp³-hybridized carbons (Fsp3) is 0.769. The molecule has 0 aromatic rings. The molecule has 0 radical (unpaired) electrons. The van der Waals surface area contributed by atoms with E-state index in [1.165, 1.54) is 6.42 Å². The Balaban J connectivity index is 2.84. The summed E-state index contributed by atoms with van der Waals surface area (Å²) in [7, 11) is 0. The maximum absolute atomic E-state index is 11.8. The van der Waals surface area contributed by atoms with E-state index < -0.39 is 11.6 Å². The first-order valence-electron chi connectivity index (χ1n) is 5.98. The molecular weight excluding hydrogens is 204 g/mol. The average molecular weight is 224 g/mol. The van der Waals surface area contributed by atoms with Crippen LogP contribution in [0.2, 0.25) is 0 Å². The van der Waals surface area contributed by atoms with E-state index in [1.54, 1.807) is 13.8 Å². The molecule has 1 rings (SSSR count). The van der Waals surface area contributed by atoms with Crippen LogP contribution >= 0.6 is 0 Å². The maximum atomic E-state index is 11.8. The number of carbonyl (C=O) groups excluding carboxylic acids is 1. The Morgan fingerprint density at radius 3 is 2.56 bits per heavy atom. The van der Waals surface area contributed by atoms with Crippen LogP contribution in [0.5, 0.6) is 0 Å². The van der Waals surface area contributed by atoms with Crippen molar-refractivity contribution in [2.24, 2.45) is 5.92 Å². The van der Waals surface area contributed by atoms with Crippen LogP contribution in [0, 0.1) is 17.8 Å². The summed E-state index contributed by atoms with van der Waals surface area (Å²) in [5.74, 6) is 4.63. The third kappa shape index (κ3) is 2.76. The molecule has 0 aromatic heterocycles. The van der Waals surface area contributed by atoms with E-state index in [9.17, 15) is 9.90 Å². The Kier molecular flexibility index (Phi) is 4.82. The molecular formula is C13H20O3. The summed E-state index contributed by atoms with van der Waals surface area (Å²) in [5, 5.41) is 10.4. The first kappa shape index (κ1) is 13.1. The minimum Gasteiger partial charge on any atom is -0.463 e. The first-order valence-corrected chi connectivity index (χ1v) is 5.98. The van der Waals surface area contributed by atoms with Gasteiger partial charge in [0.15, 0.2) is 0 Å². The lowest BCUT2D eigenvalue weighted by Crippen LogP contribution is -2.46. The molecule has 1 aliphatic rings. The molecule has 0 amide bonds. The van der Waals surface area contributed by atoms with Crippen molar-refractivity contribution in [1.29, 1.82) is 0 Å². The lowest BCUT2D eigenvalue weighted by atomic mass is 9.77. The number of hydrogen-bond donors (Lipinski definition) is 1. The molecule has 0 aromatic carbocycles. The number of carbonyl (C=O) groups is 1. The molecule has 0 aliphatic heterocycles. The maximum Gasteiger partial charge on any atom is 0.351 e. The van der Waals surface area contributed by atoms with Crippen molar-refractivity contribution in [2.75, 3.05) is 6.61 Å². The zero-order chi connectivity index (χ0) is 12.0. The normalized spacial score (nSPS) is 20.4. The average Bonchev–Trinajstić information content (AvgIpc) is 2.30. The highest BCUT2D eigenvalue weighted by Crippen LogP contribution is 2.33. The van der Waals surface area contributed by atoms with Crippen molar-refractivity contribution in [3.05, 3.63) is 0 Å². The van der Waals surface area contributed by atoms with Gasteiger partial charge in [-0.15, -0.1) is 5.92 Å². The van der Waals surface area contributed by atoms with Crippen molar-refractivity contribution < 1.29 is 14.6 Å². The molecule has 0 spiro atoms. The number of esters is 1. The Bertz CT molecular complexity index is 294. The first-order chi connectivity index (χ1) is 7.65. The van der Waals surface area contributed by atoms with Crippen LogP contribution in [0.1, 0.15) is 46.0 Å². The molecule has 1 aliphatic carbocycles. The van der Waals surface area contributed by atoms with Crippen LogP contribution in [0.4, 0.5) is 0 Å². The third-order valence-corrected chi connectivity index (χ3v) is 3.10. The standard InChI is InChI=1S/C13H20O3/c1-3-10-13(15,12(14)16-4-2)11-8-6-5-7-9-11/h11,15H,4-9H2,1-2H3. The highest BCUT2D eigenvalue weighted by molar-refractivity contribution is 5.83. The van der Waals surface area contributed by atoms with Gasteiger partial charge in [0.1, 0.15) is 0 Å².